The molecule has 302 valence electrons. The normalized spacial score (nSPS) is 15.7. The monoisotopic (exact) mass is 726 g/mol. The summed E-state index contributed by atoms with van der Waals surface area (Å²) in [6.45, 7) is 14.2. The molecule has 1 saturated heterocycles. The SMILES string of the molecule is CCCCCCCCCCCC(COC(=O)CCC(OCCCCCCCC)OCCCCCCCC)COC(=O)OCC1CCCN(CC)C1. The summed E-state index contributed by atoms with van der Waals surface area (Å²) in [7, 11) is 0. The third-order valence-electron chi connectivity index (χ3n) is 10.3. The summed E-state index contributed by atoms with van der Waals surface area (Å²) in [5.74, 6) is 0.0714. The third-order valence-corrected chi connectivity index (χ3v) is 10.3. The van der Waals surface area contributed by atoms with Gasteiger partial charge in [0.15, 0.2) is 6.29 Å². The zero-order valence-electron chi connectivity index (χ0n) is 34.1. The van der Waals surface area contributed by atoms with E-state index in [4.69, 9.17) is 23.7 Å². The number of esters is 1. The van der Waals surface area contributed by atoms with Gasteiger partial charge in [-0.2, -0.15) is 0 Å². The fourth-order valence-corrected chi connectivity index (χ4v) is 6.87. The first-order chi connectivity index (χ1) is 25.0. The number of hydrogen-bond donors (Lipinski definition) is 0. The van der Waals surface area contributed by atoms with Crippen molar-refractivity contribution in [3.8, 4) is 0 Å². The zero-order valence-corrected chi connectivity index (χ0v) is 34.1. The predicted octanol–water partition coefficient (Wildman–Crippen LogP) is 11.8. The first kappa shape index (κ1) is 47.6. The average molecular weight is 726 g/mol. The van der Waals surface area contributed by atoms with Crippen molar-refractivity contribution < 1.29 is 33.3 Å². The van der Waals surface area contributed by atoms with E-state index in [9.17, 15) is 9.59 Å². The van der Waals surface area contributed by atoms with Crippen molar-refractivity contribution >= 4 is 12.1 Å². The van der Waals surface area contributed by atoms with Gasteiger partial charge in [0.2, 0.25) is 0 Å². The van der Waals surface area contributed by atoms with Crippen LogP contribution in [0.1, 0.15) is 195 Å². The van der Waals surface area contributed by atoms with Crippen molar-refractivity contribution in [3.63, 3.8) is 0 Å². The molecule has 0 aromatic rings. The number of piperidine rings is 1. The highest BCUT2D eigenvalue weighted by Crippen LogP contribution is 2.19. The summed E-state index contributed by atoms with van der Waals surface area (Å²) >= 11 is 0. The van der Waals surface area contributed by atoms with Crippen molar-refractivity contribution in [2.24, 2.45) is 11.8 Å². The Hall–Kier alpha value is -1.38. The van der Waals surface area contributed by atoms with Gasteiger partial charge in [0.05, 0.1) is 19.6 Å². The van der Waals surface area contributed by atoms with Crippen LogP contribution in [0.2, 0.25) is 0 Å². The molecule has 0 amide bonds. The molecular formula is C43H83NO7. The molecule has 1 heterocycles. The lowest BCUT2D eigenvalue weighted by molar-refractivity contribution is -0.160. The van der Waals surface area contributed by atoms with Gasteiger partial charge in [-0.05, 0) is 45.2 Å². The molecule has 0 bridgehead atoms. The van der Waals surface area contributed by atoms with Crippen LogP contribution in [0.15, 0.2) is 0 Å². The Bertz CT molecular complexity index is 763. The summed E-state index contributed by atoms with van der Waals surface area (Å²) in [5, 5.41) is 0. The quantitative estimate of drug-likeness (QED) is 0.0359. The van der Waals surface area contributed by atoms with Crippen LogP contribution in [0.3, 0.4) is 0 Å². The topological polar surface area (TPSA) is 83.5 Å². The molecule has 8 heteroatoms. The molecule has 0 saturated carbocycles. The number of nitrogens with zero attached hydrogens (tertiary/aromatic N) is 1. The molecule has 0 radical (unpaired) electrons. The van der Waals surface area contributed by atoms with Gasteiger partial charge >= 0.3 is 12.1 Å². The van der Waals surface area contributed by atoms with E-state index in [0.717, 1.165) is 64.6 Å². The molecule has 1 aliphatic heterocycles. The van der Waals surface area contributed by atoms with Gasteiger partial charge in [-0.15, -0.1) is 0 Å². The van der Waals surface area contributed by atoms with Crippen molar-refractivity contribution in [2.75, 3.05) is 52.7 Å². The van der Waals surface area contributed by atoms with Crippen molar-refractivity contribution in [1.82, 2.24) is 4.90 Å². The lowest BCUT2D eigenvalue weighted by Gasteiger charge is -2.31. The van der Waals surface area contributed by atoms with Crippen LogP contribution in [0.4, 0.5) is 4.79 Å². The Morgan fingerprint density at radius 2 is 1.12 bits per heavy atom. The van der Waals surface area contributed by atoms with Crippen LogP contribution >= 0.6 is 0 Å². The summed E-state index contributed by atoms with van der Waals surface area (Å²) in [6.07, 6.45) is 28.6. The minimum absolute atomic E-state index is 0.0416. The van der Waals surface area contributed by atoms with E-state index in [1.54, 1.807) is 0 Å². The number of unbranched alkanes of at least 4 members (excludes halogenated alkanes) is 18. The maximum atomic E-state index is 12.9. The number of hydrogen-bond acceptors (Lipinski definition) is 8. The highest BCUT2D eigenvalue weighted by atomic mass is 16.7. The van der Waals surface area contributed by atoms with Crippen LogP contribution < -0.4 is 0 Å². The van der Waals surface area contributed by atoms with Crippen molar-refractivity contribution in [3.05, 3.63) is 0 Å². The molecule has 51 heavy (non-hydrogen) atoms. The Labute approximate surface area is 315 Å². The van der Waals surface area contributed by atoms with Gasteiger partial charge < -0.3 is 28.6 Å². The molecule has 2 unspecified atom stereocenters. The summed E-state index contributed by atoms with van der Waals surface area (Å²) < 4.78 is 29.1. The lowest BCUT2D eigenvalue weighted by Crippen LogP contribution is -2.37. The largest absolute Gasteiger partial charge is 0.508 e. The first-order valence-corrected chi connectivity index (χ1v) is 21.9. The second-order valence-electron chi connectivity index (χ2n) is 15.2. The molecule has 0 aliphatic carbocycles. The molecular weight excluding hydrogens is 642 g/mol. The summed E-state index contributed by atoms with van der Waals surface area (Å²) in [5.41, 5.74) is 0. The Morgan fingerprint density at radius 3 is 1.67 bits per heavy atom. The van der Waals surface area contributed by atoms with E-state index in [0.29, 0.717) is 32.2 Å². The number of rotatable bonds is 36. The highest BCUT2D eigenvalue weighted by Gasteiger charge is 2.22. The number of likely N-dealkylation sites (tertiary alicyclic amines) is 1. The highest BCUT2D eigenvalue weighted by molar-refractivity contribution is 5.69. The maximum absolute atomic E-state index is 12.9. The Kier molecular flexibility index (Phi) is 33.3. The van der Waals surface area contributed by atoms with Crippen molar-refractivity contribution in [1.29, 1.82) is 0 Å². The fourth-order valence-electron chi connectivity index (χ4n) is 6.87. The van der Waals surface area contributed by atoms with Gasteiger partial charge in [0.1, 0.15) is 6.61 Å². The van der Waals surface area contributed by atoms with Crippen LogP contribution in [-0.2, 0) is 28.5 Å². The lowest BCUT2D eigenvalue weighted by atomic mass is 9.99. The summed E-state index contributed by atoms with van der Waals surface area (Å²) in [4.78, 5) is 27.9. The smallest absolute Gasteiger partial charge is 0.465 e. The van der Waals surface area contributed by atoms with Crippen LogP contribution in [0, 0.1) is 11.8 Å². The van der Waals surface area contributed by atoms with Gasteiger partial charge in [-0.3, -0.25) is 4.79 Å². The minimum Gasteiger partial charge on any atom is -0.465 e. The van der Waals surface area contributed by atoms with Gasteiger partial charge in [-0.1, -0.05) is 150 Å². The second-order valence-corrected chi connectivity index (χ2v) is 15.2. The molecule has 0 spiro atoms. The average Bonchev–Trinajstić information content (AvgIpc) is 3.15. The zero-order chi connectivity index (χ0) is 37.0. The Balaban J connectivity index is 2.52. The van der Waals surface area contributed by atoms with Gasteiger partial charge in [-0.25, -0.2) is 4.79 Å². The molecule has 1 rings (SSSR count). The molecule has 0 N–H and O–H groups in total. The molecule has 8 nitrogen and oxygen atoms in total. The van der Waals surface area contributed by atoms with Crippen molar-refractivity contribution in [2.45, 2.75) is 201 Å². The fraction of sp³-hybridized carbons (Fsp3) is 0.953. The van der Waals surface area contributed by atoms with Gasteiger partial charge in [0, 0.05) is 38.0 Å². The number of ether oxygens (including phenoxy) is 5. The predicted molar refractivity (Wildman–Crippen MR) is 210 cm³/mol. The number of carbonyl (C=O) groups excluding carboxylic acids is 2. The second kappa shape index (κ2) is 35.6. The molecule has 1 aliphatic rings. The Morgan fingerprint density at radius 1 is 0.608 bits per heavy atom. The van der Waals surface area contributed by atoms with E-state index in [2.05, 4.69) is 32.6 Å². The van der Waals surface area contributed by atoms with Gasteiger partial charge in [0.25, 0.3) is 0 Å². The maximum Gasteiger partial charge on any atom is 0.508 e. The number of carbonyl (C=O) groups is 2. The molecule has 0 aromatic carbocycles. The van der Waals surface area contributed by atoms with E-state index >= 15 is 0 Å². The van der Waals surface area contributed by atoms with E-state index in [1.165, 1.54) is 109 Å². The first-order valence-electron chi connectivity index (χ1n) is 21.9. The molecule has 0 aromatic heterocycles. The van der Waals surface area contributed by atoms with Crippen LogP contribution in [-0.4, -0.2) is 76.0 Å². The molecule has 1 fully saturated rings. The van der Waals surface area contributed by atoms with E-state index < -0.39 is 6.16 Å². The third kappa shape index (κ3) is 29.7. The standard InChI is InChI=1S/C43H83NO7/c1-5-9-12-15-18-19-20-21-24-28-40(38-51-43(46)50-36-39-29-27-32-44(8-4)35-39)37-49-41(45)30-31-42(47-33-25-22-16-13-10-6-2)48-34-26-23-17-14-11-7-3/h39-40,42H,5-38H2,1-4H3. The van der Waals surface area contributed by atoms with E-state index in [1.807, 2.05) is 0 Å². The summed E-state index contributed by atoms with van der Waals surface area (Å²) in [6, 6.07) is 0. The van der Waals surface area contributed by atoms with E-state index in [-0.39, 0.29) is 37.8 Å². The minimum atomic E-state index is -0.611. The van der Waals surface area contributed by atoms with Crippen LogP contribution in [0.25, 0.3) is 0 Å². The molecule has 2 atom stereocenters. The van der Waals surface area contributed by atoms with Crippen LogP contribution in [0.5, 0.6) is 0 Å².